The summed E-state index contributed by atoms with van der Waals surface area (Å²) in [6, 6.07) is 12.3. The number of nitrogens with one attached hydrogen (secondary N) is 1. The van der Waals surface area contributed by atoms with Gasteiger partial charge in [0, 0.05) is 17.0 Å². The van der Waals surface area contributed by atoms with Gasteiger partial charge in [0.15, 0.2) is 0 Å². The summed E-state index contributed by atoms with van der Waals surface area (Å²) in [5, 5.41) is 1.75. The lowest BCUT2D eigenvalue weighted by atomic mass is 10.0. The van der Waals surface area contributed by atoms with Gasteiger partial charge in [0.05, 0.1) is 22.7 Å². The van der Waals surface area contributed by atoms with Gasteiger partial charge in [-0.15, -0.1) is 0 Å². The zero-order chi connectivity index (χ0) is 15.0. The Morgan fingerprint density at radius 1 is 1.05 bits per heavy atom. The van der Waals surface area contributed by atoms with Crippen molar-refractivity contribution in [1.29, 1.82) is 0 Å². The van der Waals surface area contributed by atoms with Gasteiger partial charge >= 0.3 is 0 Å². The summed E-state index contributed by atoms with van der Waals surface area (Å²) < 4.78 is 5.14. The number of hydrogen-bond donors (Lipinski definition) is 1. The Morgan fingerprint density at radius 3 is 2.43 bits per heavy atom. The highest BCUT2D eigenvalue weighted by atomic mass is 35.5. The molecule has 3 aromatic rings. The average Bonchev–Trinajstić information content (AvgIpc) is 2.47. The summed E-state index contributed by atoms with van der Waals surface area (Å²) in [4.78, 5) is 14.1. The molecule has 0 fully saturated rings. The predicted molar refractivity (Wildman–Crippen MR) is 86.6 cm³/mol. The third kappa shape index (κ3) is 2.50. The van der Waals surface area contributed by atoms with E-state index >= 15 is 0 Å². The van der Waals surface area contributed by atoms with E-state index in [2.05, 4.69) is 4.98 Å². The second-order valence-electron chi connectivity index (χ2n) is 4.56. The number of aromatic nitrogens is 1. The van der Waals surface area contributed by atoms with Crippen LogP contribution in [-0.2, 0) is 0 Å². The van der Waals surface area contributed by atoms with Gasteiger partial charge in [0.1, 0.15) is 5.75 Å². The lowest BCUT2D eigenvalue weighted by Crippen LogP contribution is -2.02. The van der Waals surface area contributed by atoms with Gasteiger partial charge in [-0.05, 0) is 29.8 Å². The summed E-state index contributed by atoms with van der Waals surface area (Å²) in [5.74, 6) is 0.760. The van der Waals surface area contributed by atoms with Gasteiger partial charge in [0.2, 0.25) is 5.56 Å². The molecule has 0 unspecified atom stereocenters. The quantitative estimate of drug-likeness (QED) is 0.755. The van der Waals surface area contributed by atoms with Gasteiger partial charge in [-0.2, -0.15) is 0 Å². The van der Waals surface area contributed by atoms with Gasteiger partial charge in [-0.3, -0.25) is 4.79 Å². The number of aromatic amines is 1. The van der Waals surface area contributed by atoms with Crippen molar-refractivity contribution in [2.45, 2.75) is 0 Å². The smallest absolute Gasteiger partial charge is 0.248 e. The Labute approximate surface area is 131 Å². The van der Waals surface area contributed by atoms with Crippen molar-refractivity contribution in [3.05, 3.63) is 62.9 Å². The summed E-state index contributed by atoms with van der Waals surface area (Å²) in [6.07, 6.45) is 0. The van der Waals surface area contributed by atoms with E-state index in [0.29, 0.717) is 15.6 Å². The zero-order valence-corrected chi connectivity index (χ0v) is 12.6. The van der Waals surface area contributed by atoms with Crippen LogP contribution in [0.15, 0.2) is 47.3 Å². The molecule has 0 atom stereocenters. The molecule has 0 spiro atoms. The Bertz CT molecular complexity index is 870. The molecule has 106 valence electrons. The van der Waals surface area contributed by atoms with Crippen LogP contribution in [0.3, 0.4) is 0 Å². The van der Waals surface area contributed by atoms with Gasteiger partial charge in [0.25, 0.3) is 0 Å². The number of halogens is 2. The fraction of sp³-hybridized carbons (Fsp3) is 0.0625. The highest BCUT2D eigenvalue weighted by molar-refractivity contribution is 6.43. The normalized spacial score (nSPS) is 10.8. The second kappa shape index (κ2) is 5.43. The average molecular weight is 320 g/mol. The molecule has 21 heavy (non-hydrogen) atoms. The first kappa shape index (κ1) is 14.0. The Kier molecular flexibility index (Phi) is 3.62. The standard InChI is InChI=1S/C16H11Cl2NO2/c1-21-10-4-2-9(3-5-10)15-12(17)8-13-11(16(15)18)6-7-14(20)19-13/h2-8H,1H3,(H,19,20). The molecular weight excluding hydrogens is 309 g/mol. The molecule has 1 heterocycles. The third-order valence-corrected chi connectivity index (χ3v) is 3.98. The number of rotatable bonds is 2. The van der Waals surface area contributed by atoms with Crippen molar-refractivity contribution >= 4 is 34.1 Å². The minimum atomic E-state index is -0.188. The van der Waals surface area contributed by atoms with Gasteiger partial charge in [-0.1, -0.05) is 35.3 Å². The van der Waals surface area contributed by atoms with Crippen LogP contribution in [0.1, 0.15) is 0 Å². The SMILES string of the molecule is COc1ccc(-c2c(Cl)cc3[nH]c(=O)ccc3c2Cl)cc1. The van der Waals surface area contributed by atoms with E-state index in [1.165, 1.54) is 6.07 Å². The molecule has 0 aliphatic carbocycles. The molecule has 5 heteroatoms. The number of H-pyrrole nitrogens is 1. The fourth-order valence-corrected chi connectivity index (χ4v) is 2.99. The molecule has 0 amide bonds. The van der Waals surface area contributed by atoms with Crippen molar-refractivity contribution in [1.82, 2.24) is 4.98 Å². The van der Waals surface area contributed by atoms with E-state index in [1.54, 1.807) is 19.2 Å². The van der Waals surface area contributed by atoms with E-state index < -0.39 is 0 Å². The van der Waals surface area contributed by atoms with Crippen LogP contribution < -0.4 is 10.3 Å². The number of fused-ring (bicyclic) bond motifs is 1. The highest BCUT2D eigenvalue weighted by Crippen LogP contribution is 2.39. The first-order chi connectivity index (χ1) is 10.1. The molecule has 0 bridgehead atoms. The third-order valence-electron chi connectivity index (χ3n) is 3.29. The van der Waals surface area contributed by atoms with E-state index in [1.807, 2.05) is 24.3 Å². The predicted octanol–water partition coefficient (Wildman–Crippen LogP) is 4.51. The number of methoxy groups -OCH3 is 1. The van der Waals surface area contributed by atoms with E-state index in [4.69, 9.17) is 27.9 Å². The molecule has 3 rings (SSSR count). The van der Waals surface area contributed by atoms with E-state index in [0.717, 1.165) is 22.3 Å². The van der Waals surface area contributed by atoms with Crippen molar-refractivity contribution in [2.75, 3.05) is 7.11 Å². The second-order valence-corrected chi connectivity index (χ2v) is 5.34. The van der Waals surface area contributed by atoms with E-state index in [9.17, 15) is 4.79 Å². The molecule has 0 aliphatic heterocycles. The molecule has 0 saturated heterocycles. The monoisotopic (exact) mass is 319 g/mol. The zero-order valence-electron chi connectivity index (χ0n) is 11.1. The van der Waals surface area contributed by atoms with Crippen LogP contribution >= 0.6 is 23.2 Å². The van der Waals surface area contributed by atoms with Crippen LogP contribution in [0.2, 0.25) is 10.0 Å². The maximum Gasteiger partial charge on any atom is 0.248 e. The molecule has 0 saturated carbocycles. The highest BCUT2D eigenvalue weighted by Gasteiger charge is 2.13. The number of pyridine rings is 1. The Morgan fingerprint density at radius 2 is 1.76 bits per heavy atom. The molecule has 0 radical (unpaired) electrons. The number of hydrogen-bond acceptors (Lipinski definition) is 2. The molecule has 2 aromatic carbocycles. The van der Waals surface area contributed by atoms with Crippen LogP contribution in [-0.4, -0.2) is 12.1 Å². The lowest BCUT2D eigenvalue weighted by Gasteiger charge is -2.11. The van der Waals surface area contributed by atoms with Gasteiger partial charge < -0.3 is 9.72 Å². The summed E-state index contributed by atoms with van der Waals surface area (Å²) in [6.45, 7) is 0. The van der Waals surface area contributed by atoms with Crippen molar-refractivity contribution in [3.63, 3.8) is 0 Å². The van der Waals surface area contributed by atoms with Crippen molar-refractivity contribution < 1.29 is 4.74 Å². The largest absolute Gasteiger partial charge is 0.497 e. The molecule has 1 N–H and O–H groups in total. The topological polar surface area (TPSA) is 42.1 Å². The maximum absolute atomic E-state index is 11.4. The Balaban J connectivity index is 2.26. The fourth-order valence-electron chi connectivity index (χ4n) is 2.26. The molecular formula is C16H11Cl2NO2. The maximum atomic E-state index is 11.4. The van der Waals surface area contributed by atoms with Crippen LogP contribution in [0, 0.1) is 0 Å². The summed E-state index contributed by atoms with van der Waals surface area (Å²) in [5.41, 5.74) is 2.06. The minimum absolute atomic E-state index is 0.188. The summed E-state index contributed by atoms with van der Waals surface area (Å²) in [7, 11) is 1.61. The van der Waals surface area contributed by atoms with Crippen LogP contribution in [0.25, 0.3) is 22.0 Å². The van der Waals surface area contributed by atoms with E-state index in [-0.39, 0.29) is 5.56 Å². The van der Waals surface area contributed by atoms with Crippen molar-refractivity contribution in [3.8, 4) is 16.9 Å². The number of ether oxygens (including phenoxy) is 1. The number of benzene rings is 2. The molecule has 3 nitrogen and oxygen atoms in total. The lowest BCUT2D eigenvalue weighted by molar-refractivity contribution is 0.415. The van der Waals surface area contributed by atoms with Gasteiger partial charge in [-0.25, -0.2) is 0 Å². The molecule has 0 aliphatic rings. The van der Waals surface area contributed by atoms with Crippen LogP contribution in [0.5, 0.6) is 5.75 Å². The minimum Gasteiger partial charge on any atom is -0.497 e. The first-order valence-electron chi connectivity index (χ1n) is 6.25. The molecule has 1 aromatic heterocycles. The van der Waals surface area contributed by atoms with Crippen LogP contribution in [0.4, 0.5) is 0 Å². The first-order valence-corrected chi connectivity index (χ1v) is 7.01. The summed E-state index contributed by atoms with van der Waals surface area (Å²) >= 11 is 12.8. The van der Waals surface area contributed by atoms with Crippen molar-refractivity contribution in [2.24, 2.45) is 0 Å². The Hall–Kier alpha value is -1.97.